The second-order valence-corrected chi connectivity index (χ2v) is 5.34. The molecule has 1 aromatic carbocycles. The number of aromatic nitrogens is 1. The van der Waals surface area contributed by atoms with Crippen molar-refractivity contribution in [2.75, 3.05) is 11.5 Å². The van der Waals surface area contributed by atoms with E-state index in [-0.39, 0.29) is 5.71 Å². The summed E-state index contributed by atoms with van der Waals surface area (Å²) < 4.78 is 0. The minimum atomic E-state index is 0.180. The molecule has 0 radical (unpaired) electrons. The quantitative estimate of drug-likeness (QED) is 0.441. The molecule has 5 nitrogen and oxygen atoms in total. The van der Waals surface area contributed by atoms with Gasteiger partial charge in [-0.15, -0.1) is 0 Å². The number of anilines is 2. The average Bonchev–Trinajstić information content (AvgIpc) is 2.62. The van der Waals surface area contributed by atoms with E-state index in [2.05, 4.69) is 11.6 Å². The Morgan fingerprint density at radius 1 is 1.28 bits per heavy atom. The van der Waals surface area contributed by atoms with Crippen molar-refractivity contribution in [1.29, 1.82) is 10.7 Å². The van der Waals surface area contributed by atoms with Crippen LogP contribution in [-0.4, -0.2) is 10.7 Å². The van der Waals surface area contributed by atoms with Gasteiger partial charge in [-0.3, -0.25) is 10.4 Å². The van der Waals surface area contributed by atoms with Crippen LogP contribution in [0.15, 0.2) is 61.3 Å². The largest absolute Gasteiger partial charge is 0.399 e. The van der Waals surface area contributed by atoms with E-state index in [0.29, 0.717) is 33.8 Å². The molecule has 0 unspecified atom stereocenters. The van der Waals surface area contributed by atoms with Gasteiger partial charge in [-0.2, -0.15) is 5.26 Å². The Kier molecular flexibility index (Phi) is 5.49. The van der Waals surface area contributed by atoms with E-state index >= 15 is 0 Å². The first-order valence-corrected chi connectivity index (χ1v) is 7.61. The van der Waals surface area contributed by atoms with Gasteiger partial charge in [-0.1, -0.05) is 30.9 Å². The van der Waals surface area contributed by atoms with E-state index in [9.17, 15) is 0 Å². The molecule has 1 heterocycles. The van der Waals surface area contributed by atoms with E-state index in [4.69, 9.17) is 22.1 Å². The van der Waals surface area contributed by atoms with Crippen molar-refractivity contribution in [3.8, 4) is 6.07 Å². The van der Waals surface area contributed by atoms with Crippen LogP contribution in [-0.2, 0) is 0 Å². The van der Waals surface area contributed by atoms with Crippen molar-refractivity contribution in [2.24, 2.45) is 0 Å². The predicted molar refractivity (Wildman–Crippen MR) is 103 cm³/mol. The van der Waals surface area contributed by atoms with Gasteiger partial charge in [-0.05, 0) is 36.8 Å². The number of rotatable bonds is 5. The fraction of sp³-hybridized carbons (Fsp3) is 0.0500. The van der Waals surface area contributed by atoms with E-state index in [0.717, 1.165) is 5.57 Å². The summed E-state index contributed by atoms with van der Waals surface area (Å²) in [5.41, 5.74) is 15.7. The summed E-state index contributed by atoms with van der Waals surface area (Å²) in [4.78, 5) is 4.32. The van der Waals surface area contributed by atoms with Crippen molar-refractivity contribution < 1.29 is 0 Å². The lowest BCUT2D eigenvalue weighted by atomic mass is 9.98. The van der Waals surface area contributed by atoms with E-state index in [1.807, 2.05) is 31.2 Å². The lowest BCUT2D eigenvalue weighted by molar-refractivity contribution is 1.27. The highest BCUT2D eigenvalue weighted by atomic mass is 14.7. The van der Waals surface area contributed by atoms with Crippen LogP contribution in [0.3, 0.4) is 0 Å². The molecule has 0 saturated heterocycles. The van der Waals surface area contributed by atoms with Crippen molar-refractivity contribution in [3.05, 3.63) is 83.7 Å². The molecule has 0 aliphatic heterocycles. The zero-order chi connectivity index (χ0) is 18.4. The van der Waals surface area contributed by atoms with Gasteiger partial charge in [0.25, 0.3) is 0 Å². The number of allylic oxidation sites excluding steroid dienone is 5. The monoisotopic (exact) mass is 329 g/mol. The van der Waals surface area contributed by atoms with Crippen LogP contribution in [0.25, 0.3) is 5.57 Å². The number of nitrogens with one attached hydrogen (secondary N) is 1. The Morgan fingerprint density at radius 3 is 2.68 bits per heavy atom. The first-order valence-electron chi connectivity index (χ1n) is 7.61. The van der Waals surface area contributed by atoms with Gasteiger partial charge < -0.3 is 11.5 Å². The van der Waals surface area contributed by atoms with E-state index in [1.165, 1.54) is 6.20 Å². The Bertz CT molecular complexity index is 930. The first-order chi connectivity index (χ1) is 12.0. The topological polar surface area (TPSA) is 113 Å². The first kappa shape index (κ1) is 17.7. The Morgan fingerprint density at radius 2 is 2.04 bits per heavy atom. The summed E-state index contributed by atoms with van der Waals surface area (Å²) in [5.74, 6) is 0. The Hall–Kier alpha value is -3.65. The third kappa shape index (κ3) is 4.01. The molecule has 2 aromatic rings. The molecule has 5 heteroatoms. The number of hydrogen-bond acceptors (Lipinski definition) is 5. The standard InChI is InChI=1S/C20H19N5/c1-3-5-6-14(4-2)19-10-17(18(23)12-25-19)20(24)15-7-13(11-21)8-16(22)9-15/h3-10,12,24H,2,22-23H2,1H3. The average molecular weight is 329 g/mol. The van der Waals surface area contributed by atoms with Crippen molar-refractivity contribution in [3.63, 3.8) is 0 Å². The molecular formula is C20H19N5. The molecule has 0 spiro atoms. The number of nitrogens with two attached hydrogens (primary N) is 2. The molecule has 5 N–H and O–H groups in total. The summed E-state index contributed by atoms with van der Waals surface area (Å²) in [6.45, 7) is 5.72. The molecule has 1 aromatic heterocycles. The number of benzene rings is 1. The normalized spacial score (nSPS) is 11.3. The Balaban J connectivity index is 2.54. The molecular weight excluding hydrogens is 310 g/mol. The van der Waals surface area contributed by atoms with Gasteiger partial charge in [-0.25, -0.2) is 0 Å². The van der Waals surface area contributed by atoms with Gasteiger partial charge >= 0.3 is 0 Å². The summed E-state index contributed by atoms with van der Waals surface area (Å²) in [6, 6.07) is 8.60. The molecule has 0 aliphatic rings. The third-order valence-electron chi connectivity index (χ3n) is 3.56. The maximum Gasteiger partial charge on any atom is 0.0992 e. The van der Waals surface area contributed by atoms with E-state index in [1.54, 1.807) is 30.3 Å². The van der Waals surface area contributed by atoms with Gasteiger partial charge in [0.15, 0.2) is 0 Å². The second-order valence-electron chi connectivity index (χ2n) is 5.34. The van der Waals surface area contributed by atoms with Gasteiger partial charge in [0.2, 0.25) is 0 Å². The number of pyridine rings is 1. The fourth-order valence-electron chi connectivity index (χ4n) is 2.31. The molecule has 25 heavy (non-hydrogen) atoms. The molecule has 0 aliphatic carbocycles. The maximum atomic E-state index is 9.09. The van der Waals surface area contributed by atoms with Crippen LogP contribution in [0.2, 0.25) is 0 Å². The lowest BCUT2D eigenvalue weighted by Crippen LogP contribution is -2.08. The van der Waals surface area contributed by atoms with Crippen molar-refractivity contribution >= 4 is 22.7 Å². The molecule has 0 fully saturated rings. The number of nitrogen functional groups attached to an aromatic ring is 2. The summed E-state index contributed by atoms with van der Waals surface area (Å²) in [5, 5.41) is 17.6. The number of nitriles is 1. The minimum Gasteiger partial charge on any atom is -0.399 e. The van der Waals surface area contributed by atoms with Crippen LogP contribution in [0.4, 0.5) is 11.4 Å². The third-order valence-corrected chi connectivity index (χ3v) is 3.56. The smallest absolute Gasteiger partial charge is 0.0992 e. The highest BCUT2D eigenvalue weighted by Gasteiger charge is 2.13. The maximum absolute atomic E-state index is 9.09. The highest BCUT2D eigenvalue weighted by molar-refractivity contribution is 6.14. The zero-order valence-corrected chi connectivity index (χ0v) is 14.0. The van der Waals surface area contributed by atoms with Crippen LogP contribution < -0.4 is 11.5 Å². The molecule has 0 bridgehead atoms. The predicted octanol–water partition coefficient (Wildman–Crippen LogP) is 3.68. The lowest BCUT2D eigenvalue weighted by Gasteiger charge is -2.11. The number of nitrogens with zero attached hydrogens (tertiary/aromatic N) is 2. The molecule has 0 saturated carbocycles. The van der Waals surface area contributed by atoms with Crippen LogP contribution in [0.5, 0.6) is 0 Å². The fourth-order valence-corrected chi connectivity index (χ4v) is 2.31. The van der Waals surface area contributed by atoms with Gasteiger partial charge in [0.05, 0.1) is 34.9 Å². The highest BCUT2D eigenvalue weighted by Crippen LogP contribution is 2.23. The summed E-state index contributed by atoms with van der Waals surface area (Å²) in [7, 11) is 0. The summed E-state index contributed by atoms with van der Waals surface area (Å²) in [6.07, 6.45) is 8.88. The summed E-state index contributed by atoms with van der Waals surface area (Å²) >= 11 is 0. The minimum absolute atomic E-state index is 0.180. The van der Waals surface area contributed by atoms with Gasteiger partial charge in [0, 0.05) is 16.8 Å². The molecule has 2 rings (SSSR count). The van der Waals surface area contributed by atoms with Crippen LogP contribution in [0, 0.1) is 16.7 Å². The zero-order valence-electron chi connectivity index (χ0n) is 14.0. The second kappa shape index (κ2) is 7.75. The Labute approximate surface area is 147 Å². The van der Waals surface area contributed by atoms with Crippen molar-refractivity contribution in [2.45, 2.75) is 6.92 Å². The van der Waals surface area contributed by atoms with Crippen LogP contribution >= 0.6 is 0 Å². The number of hydrogen-bond donors (Lipinski definition) is 3. The van der Waals surface area contributed by atoms with Crippen LogP contribution in [0.1, 0.15) is 29.3 Å². The molecule has 0 amide bonds. The molecule has 0 atom stereocenters. The van der Waals surface area contributed by atoms with E-state index < -0.39 is 0 Å². The van der Waals surface area contributed by atoms with Crippen molar-refractivity contribution in [1.82, 2.24) is 4.98 Å². The molecule has 124 valence electrons. The van der Waals surface area contributed by atoms with Gasteiger partial charge in [0.1, 0.15) is 0 Å². The SMILES string of the molecule is C=CC(=CC=CC)c1cc(C(=N)c2cc(N)cc(C#N)c2)c(N)cn1.